The van der Waals surface area contributed by atoms with E-state index in [0.29, 0.717) is 5.92 Å². The molecule has 4 heterocycles. The molecule has 6 nitrogen and oxygen atoms in total. The maximum absolute atomic E-state index is 14.0. The maximum Gasteiger partial charge on any atom is 0.317 e. The van der Waals surface area contributed by atoms with Crippen molar-refractivity contribution >= 4 is 12.4 Å². The van der Waals surface area contributed by atoms with Gasteiger partial charge in [0.05, 0.1) is 31.7 Å². The number of esters is 1. The Morgan fingerprint density at radius 2 is 1.76 bits per heavy atom. The van der Waals surface area contributed by atoms with Crippen LogP contribution in [0.2, 0.25) is 0 Å². The predicted octanol–water partition coefficient (Wildman–Crippen LogP) is 3.97. The van der Waals surface area contributed by atoms with E-state index in [0.717, 1.165) is 74.0 Å². The molecule has 3 saturated heterocycles. The van der Waals surface area contributed by atoms with Gasteiger partial charge < -0.3 is 23.9 Å². The molecule has 4 aliphatic heterocycles. The van der Waals surface area contributed by atoms with E-state index in [1.54, 1.807) is 0 Å². The van der Waals surface area contributed by atoms with Gasteiger partial charge in [-0.15, -0.1) is 0 Å². The summed E-state index contributed by atoms with van der Waals surface area (Å²) in [6, 6.07) is 17.3. The Morgan fingerprint density at radius 1 is 1.05 bits per heavy atom. The number of quaternary nitrogens is 1. The number of carbonyl (C=O) groups is 2. The first-order chi connectivity index (χ1) is 18.6. The fourth-order valence-corrected chi connectivity index (χ4v) is 7.38. The first-order valence-electron chi connectivity index (χ1n) is 14.5. The molecule has 5 aliphatic rings. The Hall–Kier alpha value is -2.86. The average Bonchev–Trinajstić information content (AvgIpc) is 3.28. The van der Waals surface area contributed by atoms with Gasteiger partial charge >= 0.3 is 5.97 Å². The van der Waals surface area contributed by atoms with E-state index in [-0.39, 0.29) is 12.1 Å². The molecule has 1 aliphatic carbocycles. The zero-order valence-electron chi connectivity index (χ0n) is 22.4. The van der Waals surface area contributed by atoms with Crippen LogP contribution >= 0.6 is 0 Å². The number of piperidine rings is 3. The van der Waals surface area contributed by atoms with Crippen LogP contribution < -0.4 is 9.84 Å². The largest absolute Gasteiger partial charge is 0.554 e. The molecule has 1 atom stereocenters. The molecule has 0 amide bonds. The number of nitrogens with zero attached hydrogens (tertiary/aromatic N) is 1. The molecule has 0 unspecified atom stereocenters. The molecule has 38 heavy (non-hydrogen) atoms. The minimum Gasteiger partial charge on any atom is -0.554 e. The SMILES string of the molecule is O=C(O[C@H]1C[N+]2(CCc3ccc4c(c3)CCO4)CCC1CC2)C1(c2ccccc2)CCCCCC1.O=C[O-]. The van der Waals surface area contributed by atoms with Crippen molar-refractivity contribution in [3.05, 3.63) is 65.2 Å². The lowest BCUT2D eigenvalue weighted by Crippen LogP contribution is -2.65. The van der Waals surface area contributed by atoms with Crippen LogP contribution in [0.4, 0.5) is 0 Å². The molecule has 204 valence electrons. The monoisotopic (exact) mass is 519 g/mol. The lowest BCUT2D eigenvalue weighted by molar-refractivity contribution is -0.946. The number of hydrogen-bond donors (Lipinski definition) is 0. The van der Waals surface area contributed by atoms with Crippen LogP contribution in [0.1, 0.15) is 68.1 Å². The van der Waals surface area contributed by atoms with Gasteiger partial charge in [0.15, 0.2) is 6.10 Å². The fourth-order valence-electron chi connectivity index (χ4n) is 7.38. The van der Waals surface area contributed by atoms with Crippen molar-refractivity contribution in [2.45, 2.75) is 75.7 Å². The van der Waals surface area contributed by atoms with E-state index in [2.05, 4.69) is 48.5 Å². The van der Waals surface area contributed by atoms with Crippen molar-refractivity contribution in [2.24, 2.45) is 5.92 Å². The van der Waals surface area contributed by atoms with Crippen molar-refractivity contribution in [2.75, 3.05) is 32.8 Å². The highest BCUT2D eigenvalue weighted by Gasteiger charge is 2.50. The van der Waals surface area contributed by atoms with Crippen molar-refractivity contribution in [3.63, 3.8) is 0 Å². The van der Waals surface area contributed by atoms with Crippen LogP contribution in [0.5, 0.6) is 5.75 Å². The number of carboxylic acid groups (broad SMARTS) is 1. The molecule has 2 aromatic rings. The van der Waals surface area contributed by atoms with Crippen molar-refractivity contribution in [3.8, 4) is 5.75 Å². The maximum atomic E-state index is 14.0. The molecule has 1 saturated carbocycles. The molecule has 0 N–H and O–H groups in total. The van der Waals surface area contributed by atoms with E-state index >= 15 is 0 Å². The van der Waals surface area contributed by atoms with Gasteiger partial charge in [-0.2, -0.15) is 0 Å². The van der Waals surface area contributed by atoms with Gasteiger partial charge in [-0.1, -0.05) is 68.1 Å². The van der Waals surface area contributed by atoms with Crippen LogP contribution in [-0.2, 0) is 32.6 Å². The highest BCUT2D eigenvalue weighted by Crippen LogP contribution is 2.42. The lowest BCUT2D eigenvalue weighted by Gasteiger charge is -2.52. The Kier molecular flexibility index (Phi) is 8.37. The van der Waals surface area contributed by atoms with Crippen molar-refractivity contribution < 1.29 is 28.7 Å². The normalized spacial score (nSPS) is 27.2. The minimum absolute atomic E-state index is 0.0566. The Bertz CT molecular complexity index is 1080. The number of benzene rings is 2. The predicted molar refractivity (Wildman–Crippen MR) is 144 cm³/mol. The number of fused-ring (bicyclic) bond motifs is 4. The summed E-state index contributed by atoms with van der Waals surface area (Å²) in [5, 5.41) is 8.25. The zero-order chi connectivity index (χ0) is 26.4. The summed E-state index contributed by atoms with van der Waals surface area (Å²) in [4.78, 5) is 22.2. The van der Waals surface area contributed by atoms with Crippen LogP contribution in [0.3, 0.4) is 0 Å². The quantitative estimate of drug-likeness (QED) is 0.250. The third-order valence-electron chi connectivity index (χ3n) is 9.60. The topological polar surface area (TPSA) is 75.7 Å². The van der Waals surface area contributed by atoms with Crippen LogP contribution in [-0.4, -0.2) is 55.8 Å². The lowest BCUT2D eigenvalue weighted by atomic mass is 9.74. The summed E-state index contributed by atoms with van der Waals surface area (Å²) >= 11 is 0. The van der Waals surface area contributed by atoms with Gasteiger partial charge in [-0.05, 0) is 35.6 Å². The molecular formula is C32H41NO5. The second-order valence-corrected chi connectivity index (χ2v) is 11.7. The molecule has 7 rings (SSSR count). The first-order valence-corrected chi connectivity index (χ1v) is 14.5. The first kappa shape index (κ1) is 26.7. The van der Waals surface area contributed by atoms with Gasteiger partial charge in [0.25, 0.3) is 0 Å². The molecule has 0 spiro atoms. The average molecular weight is 520 g/mol. The Morgan fingerprint density at radius 3 is 2.47 bits per heavy atom. The standard InChI is InChI=1S/C31H40NO3.CH2O2/c33-30(31(16-6-1-2-7-17-31)27-8-4-3-5-9-27)35-29-23-32(19-13-25(29)14-20-32)18-12-24-10-11-28-26(22-24)15-21-34-28;2-1-3/h3-5,8-11,22,25,29H,1-2,6-7,12-21,23H2;1H,(H,2,3)/q+1;/p-1/t25?,29-,32?;/m0./s1. The summed E-state index contributed by atoms with van der Waals surface area (Å²) in [6.07, 6.45) is 11.1. The number of rotatable bonds is 6. The van der Waals surface area contributed by atoms with Gasteiger partial charge in [-0.25, -0.2) is 0 Å². The number of hydrogen-bond acceptors (Lipinski definition) is 5. The van der Waals surface area contributed by atoms with Crippen LogP contribution in [0.25, 0.3) is 0 Å². The summed E-state index contributed by atoms with van der Waals surface area (Å²) in [7, 11) is 0. The van der Waals surface area contributed by atoms with Crippen LogP contribution in [0, 0.1) is 5.92 Å². The summed E-state index contributed by atoms with van der Waals surface area (Å²) in [5.41, 5.74) is 3.49. The van der Waals surface area contributed by atoms with E-state index in [4.69, 9.17) is 19.4 Å². The summed E-state index contributed by atoms with van der Waals surface area (Å²) in [5.74, 6) is 1.66. The number of carbonyl (C=O) groups excluding carboxylic acids is 2. The third-order valence-corrected chi connectivity index (χ3v) is 9.60. The van der Waals surface area contributed by atoms with Gasteiger partial charge in [-0.3, -0.25) is 4.79 Å². The van der Waals surface area contributed by atoms with E-state index < -0.39 is 11.9 Å². The highest BCUT2D eigenvalue weighted by atomic mass is 16.5. The summed E-state index contributed by atoms with van der Waals surface area (Å²) < 4.78 is 13.3. The van der Waals surface area contributed by atoms with Gasteiger partial charge in [0.2, 0.25) is 0 Å². The fraction of sp³-hybridized carbons (Fsp3) is 0.562. The van der Waals surface area contributed by atoms with Crippen molar-refractivity contribution in [1.82, 2.24) is 0 Å². The van der Waals surface area contributed by atoms with Gasteiger partial charge in [0, 0.05) is 38.1 Å². The number of ether oxygens (including phenoxy) is 2. The van der Waals surface area contributed by atoms with E-state index in [1.165, 1.54) is 49.9 Å². The van der Waals surface area contributed by atoms with Gasteiger partial charge in [0.1, 0.15) is 12.3 Å². The highest BCUT2D eigenvalue weighted by molar-refractivity contribution is 5.83. The third kappa shape index (κ3) is 5.61. The Labute approximate surface area is 226 Å². The zero-order valence-corrected chi connectivity index (χ0v) is 22.4. The Balaban J connectivity index is 0.000000937. The van der Waals surface area contributed by atoms with Crippen molar-refractivity contribution in [1.29, 1.82) is 0 Å². The van der Waals surface area contributed by atoms with E-state index in [9.17, 15) is 4.79 Å². The molecular weight excluding hydrogens is 478 g/mol. The molecule has 0 aromatic heterocycles. The minimum atomic E-state index is -0.500. The smallest absolute Gasteiger partial charge is 0.317 e. The molecule has 0 radical (unpaired) electrons. The van der Waals surface area contributed by atoms with Crippen LogP contribution in [0.15, 0.2) is 48.5 Å². The van der Waals surface area contributed by atoms with E-state index in [1.807, 2.05) is 0 Å². The second-order valence-electron chi connectivity index (χ2n) is 11.7. The molecule has 6 heteroatoms. The second kappa shape index (κ2) is 11.9. The molecule has 2 aromatic carbocycles. The summed E-state index contributed by atoms with van der Waals surface area (Å²) in [6.45, 7) is 4.92. The molecule has 2 bridgehead atoms. The molecule has 4 fully saturated rings.